The number of carbonyl (C=O) groups is 1. The molecule has 88 valence electrons. The summed E-state index contributed by atoms with van der Waals surface area (Å²) in [5, 5.41) is 1.65. The molecule has 0 aliphatic rings. The van der Waals surface area contributed by atoms with Crippen molar-refractivity contribution >= 4 is 28.2 Å². The van der Waals surface area contributed by atoms with Crippen molar-refractivity contribution in [1.29, 1.82) is 0 Å². The zero-order chi connectivity index (χ0) is 12.4. The van der Waals surface area contributed by atoms with Crippen LogP contribution in [0.5, 0.6) is 0 Å². The quantitative estimate of drug-likeness (QED) is 0.581. The topological polar surface area (TPSA) is 17.1 Å². The van der Waals surface area contributed by atoms with Gasteiger partial charge in [0.05, 0.1) is 5.38 Å². The Bertz CT molecular complexity index is 560. The largest absolute Gasteiger partial charge is 0.292 e. The molecule has 1 unspecified atom stereocenters. The molecule has 1 nitrogen and oxygen atoms in total. The van der Waals surface area contributed by atoms with Crippen molar-refractivity contribution in [2.24, 2.45) is 0 Å². The number of hydrogen-bond acceptors (Lipinski definition) is 1. The van der Waals surface area contributed by atoms with Gasteiger partial charge in [-0.3, -0.25) is 4.79 Å². The molecule has 0 spiro atoms. The second kappa shape index (κ2) is 4.89. The number of Topliss-reactive ketones (excluding diaryl/α,β-unsaturated/α-hetero) is 1. The van der Waals surface area contributed by atoms with E-state index in [4.69, 9.17) is 11.6 Å². The Balaban J connectivity index is 2.66. The number of halogens is 1. The van der Waals surface area contributed by atoms with Crippen molar-refractivity contribution in [3.63, 3.8) is 0 Å². The van der Waals surface area contributed by atoms with Crippen molar-refractivity contribution in [3.05, 3.63) is 47.5 Å². The number of benzene rings is 2. The Morgan fingerprint density at radius 2 is 1.94 bits per heavy atom. The highest BCUT2D eigenvalue weighted by Gasteiger charge is 2.19. The van der Waals surface area contributed by atoms with E-state index in [1.807, 2.05) is 50.2 Å². The maximum Gasteiger partial charge on any atom is 0.181 e. The first-order valence-corrected chi connectivity index (χ1v) is 6.25. The van der Waals surface area contributed by atoms with Crippen LogP contribution in [0, 0.1) is 6.92 Å². The summed E-state index contributed by atoms with van der Waals surface area (Å²) in [5.74, 6) is 0.0310. The fourth-order valence-electron chi connectivity index (χ4n) is 2.05. The fraction of sp³-hybridized carbons (Fsp3) is 0.267. The minimum atomic E-state index is -0.431. The van der Waals surface area contributed by atoms with E-state index < -0.39 is 5.38 Å². The third-order valence-electron chi connectivity index (χ3n) is 3.03. The van der Waals surface area contributed by atoms with E-state index in [0.717, 1.165) is 21.9 Å². The zero-order valence-corrected chi connectivity index (χ0v) is 10.8. The van der Waals surface area contributed by atoms with Gasteiger partial charge < -0.3 is 0 Å². The number of hydrogen-bond donors (Lipinski definition) is 0. The van der Waals surface area contributed by atoms with Crippen molar-refractivity contribution in [1.82, 2.24) is 0 Å². The van der Waals surface area contributed by atoms with Crippen LogP contribution < -0.4 is 0 Å². The maximum absolute atomic E-state index is 12.3. The number of carbonyl (C=O) groups excluding carboxylic acids is 1. The molecule has 0 saturated carbocycles. The molecule has 2 rings (SSSR count). The van der Waals surface area contributed by atoms with E-state index in [1.165, 1.54) is 0 Å². The van der Waals surface area contributed by atoms with Crippen molar-refractivity contribution < 1.29 is 4.79 Å². The molecule has 0 aromatic heterocycles. The summed E-state index contributed by atoms with van der Waals surface area (Å²) >= 11 is 6.07. The van der Waals surface area contributed by atoms with Crippen LogP contribution >= 0.6 is 11.6 Å². The van der Waals surface area contributed by atoms with E-state index in [1.54, 1.807) is 0 Å². The summed E-state index contributed by atoms with van der Waals surface area (Å²) < 4.78 is 0. The minimum absolute atomic E-state index is 0.0310. The van der Waals surface area contributed by atoms with Crippen molar-refractivity contribution in [2.75, 3.05) is 0 Å². The van der Waals surface area contributed by atoms with E-state index >= 15 is 0 Å². The molecule has 0 amide bonds. The van der Waals surface area contributed by atoms with E-state index in [9.17, 15) is 4.79 Å². The molecule has 0 aliphatic carbocycles. The van der Waals surface area contributed by atoms with Crippen LogP contribution in [0.1, 0.15) is 29.3 Å². The lowest BCUT2D eigenvalue weighted by atomic mass is 9.95. The summed E-state index contributed by atoms with van der Waals surface area (Å²) in [6, 6.07) is 11.9. The molecule has 0 heterocycles. The number of ketones is 1. The van der Waals surface area contributed by atoms with Crippen molar-refractivity contribution in [2.45, 2.75) is 25.6 Å². The van der Waals surface area contributed by atoms with Gasteiger partial charge in [0.2, 0.25) is 0 Å². The highest BCUT2D eigenvalue weighted by molar-refractivity contribution is 6.35. The van der Waals surface area contributed by atoms with Crippen LogP contribution in [0.4, 0.5) is 0 Å². The first-order chi connectivity index (χ1) is 8.15. The summed E-state index contributed by atoms with van der Waals surface area (Å²) in [4.78, 5) is 12.3. The Hall–Kier alpha value is -1.34. The van der Waals surface area contributed by atoms with Gasteiger partial charge in [0.1, 0.15) is 0 Å². The fourth-order valence-corrected chi connectivity index (χ4v) is 2.16. The van der Waals surface area contributed by atoms with Gasteiger partial charge in [-0.2, -0.15) is 0 Å². The summed E-state index contributed by atoms with van der Waals surface area (Å²) in [5.41, 5.74) is 1.76. The predicted octanol–water partition coefficient (Wildman–Crippen LogP) is 4.35. The highest BCUT2D eigenvalue weighted by atomic mass is 35.5. The molecular weight excluding hydrogens is 232 g/mol. The molecule has 0 fully saturated rings. The maximum atomic E-state index is 12.3. The average Bonchev–Trinajstić information content (AvgIpc) is 2.37. The highest BCUT2D eigenvalue weighted by Crippen LogP contribution is 2.25. The van der Waals surface area contributed by atoms with Gasteiger partial charge in [0, 0.05) is 5.56 Å². The number of aryl methyl sites for hydroxylation is 1. The van der Waals surface area contributed by atoms with Crippen LogP contribution in [-0.4, -0.2) is 11.2 Å². The number of alkyl halides is 1. The van der Waals surface area contributed by atoms with Gasteiger partial charge in [0.25, 0.3) is 0 Å². The third kappa shape index (κ3) is 2.20. The van der Waals surface area contributed by atoms with Gasteiger partial charge >= 0.3 is 0 Å². The Morgan fingerprint density at radius 1 is 1.24 bits per heavy atom. The molecule has 2 heteroatoms. The standard InChI is InChI=1S/C15H15ClO/c1-3-13(16)15(17)14-10(2)8-9-11-6-4-5-7-12(11)14/h4-9,13H,3H2,1-2H3. The van der Waals surface area contributed by atoms with Crippen molar-refractivity contribution in [3.8, 4) is 0 Å². The van der Waals surface area contributed by atoms with Crippen LogP contribution in [0.3, 0.4) is 0 Å². The van der Waals surface area contributed by atoms with E-state index in [0.29, 0.717) is 6.42 Å². The van der Waals surface area contributed by atoms with Crippen LogP contribution in [0.2, 0.25) is 0 Å². The SMILES string of the molecule is CCC(Cl)C(=O)c1c(C)ccc2ccccc12. The Kier molecular flexibility index (Phi) is 3.49. The first kappa shape index (κ1) is 12.1. The number of fused-ring (bicyclic) bond motifs is 1. The van der Waals surface area contributed by atoms with Gasteiger partial charge in [0.15, 0.2) is 5.78 Å². The smallest absolute Gasteiger partial charge is 0.181 e. The molecule has 0 aliphatic heterocycles. The first-order valence-electron chi connectivity index (χ1n) is 5.81. The van der Waals surface area contributed by atoms with E-state index in [2.05, 4.69) is 0 Å². The van der Waals surface area contributed by atoms with Gasteiger partial charge in [-0.1, -0.05) is 43.3 Å². The second-order valence-corrected chi connectivity index (χ2v) is 4.75. The molecule has 0 radical (unpaired) electrons. The Labute approximate surface area is 106 Å². The molecule has 0 bridgehead atoms. The zero-order valence-electron chi connectivity index (χ0n) is 10.0. The molecule has 2 aromatic carbocycles. The van der Waals surface area contributed by atoms with Crippen LogP contribution in [0.25, 0.3) is 10.8 Å². The lowest BCUT2D eigenvalue weighted by Gasteiger charge is -2.12. The molecule has 0 saturated heterocycles. The van der Waals surface area contributed by atoms with Gasteiger partial charge in [-0.25, -0.2) is 0 Å². The van der Waals surface area contributed by atoms with Gasteiger partial charge in [-0.05, 0) is 29.7 Å². The normalized spacial score (nSPS) is 12.6. The second-order valence-electron chi connectivity index (χ2n) is 4.22. The van der Waals surface area contributed by atoms with Crippen LogP contribution in [-0.2, 0) is 0 Å². The van der Waals surface area contributed by atoms with Crippen LogP contribution in [0.15, 0.2) is 36.4 Å². The summed E-state index contributed by atoms with van der Waals surface area (Å²) in [6.45, 7) is 3.88. The third-order valence-corrected chi connectivity index (χ3v) is 3.53. The lowest BCUT2D eigenvalue weighted by Crippen LogP contribution is -2.15. The molecular formula is C15H15ClO. The minimum Gasteiger partial charge on any atom is -0.292 e. The summed E-state index contributed by atoms with van der Waals surface area (Å²) in [7, 11) is 0. The monoisotopic (exact) mass is 246 g/mol. The number of rotatable bonds is 3. The molecule has 1 atom stereocenters. The van der Waals surface area contributed by atoms with E-state index in [-0.39, 0.29) is 5.78 Å². The average molecular weight is 247 g/mol. The molecule has 17 heavy (non-hydrogen) atoms. The lowest BCUT2D eigenvalue weighted by molar-refractivity contribution is 0.0987. The molecule has 0 N–H and O–H groups in total. The Morgan fingerprint density at radius 3 is 2.65 bits per heavy atom. The predicted molar refractivity (Wildman–Crippen MR) is 72.9 cm³/mol. The molecule has 2 aromatic rings. The summed E-state index contributed by atoms with van der Waals surface area (Å²) in [6.07, 6.45) is 0.656. The van der Waals surface area contributed by atoms with Gasteiger partial charge in [-0.15, -0.1) is 11.6 Å².